The lowest BCUT2D eigenvalue weighted by Gasteiger charge is -2.36. The van der Waals surface area contributed by atoms with E-state index in [2.05, 4.69) is 33.9 Å². The molecular formula is C16H33NO4Si. The Morgan fingerprint density at radius 3 is 2.36 bits per heavy atom. The van der Waals surface area contributed by atoms with Crippen molar-refractivity contribution in [3.63, 3.8) is 0 Å². The summed E-state index contributed by atoms with van der Waals surface area (Å²) in [6.07, 6.45) is 5.47. The van der Waals surface area contributed by atoms with Crippen LogP contribution in [-0.4, -0.2) is 37.1 Å². The Balaban J connectivity index is 4.03. The Morgan fingerprint density at radius 1 is 1.32 bits per heavy atom. The van der Waals surface area contributed by atoms with E-state index in [9.17, 15) is 15.2 Å². The maximum atomic E-state index is 10.8. The van der Waals surface area contributed by atoms with Crippen molar-refractivity contribution in [2.24, 2.45) is 0 Å². The smallest absolute Gasteiger partial charge is 0.256 e. The maximum absolute atomic E-state index is 10.8. The van der Waals surface area contributed by atoms with E-state index >= 15 is 0 Å². The summed E-state index contributed by atoms with van der Waals surface area (Å²) in [5.74, 6) is 0. The SMILES string of the molecule is CCC(O)C(C=CCCCCO[Si](C)(C)C(C)(C)C)[N+](=O)[O-]. The monoisotopic (exact) mass is 331 g/mol. The van der Waals surface area contributed by atoms with Gasteiger partial charge in [0.1, 0.15) is 6.10 Å². The van der Waals surface area contributed by atoms with E-state index in [4.69, 9.17) is 4.43 Å². The molecule has 0 fully saturated rings. The molecule has 130 valence electrons. The number of nitro groups is 1. The Labute approximate surface area is 136 Å². The van der Waals surface area contributed by atoms with Gasteiger partial charge in [-0.1, -0.05) is 33.8 Å². The fraction of sp³-hybridized carbons (Fsp3) is 0.875. The van der Waals surface area contributed by atoms with Crippen LogP contribution in [0.4, 0.5) is 0 Å². The molecule has 22 heavy (non-hydrogen) atoms. The molecule has 0 saturated heterocycles. The van der Waals surface area contributed by atoms with Crippen LogP contribution in [0.3, 0.4) is 0 Å². The molecule has 0 heterocycles. The molecule has 0 aromatic heterocycles. The number of rotatable bonds is 10. The fourth-order valence-electron chi connectivity index (χ4n) is 1.72. The van der Waals surface area contributed by atoms with Gasteiger partial charge in [-0.3, -0.25) is 10.1 Å². The van der Waals surface area contributed by atoms with Gasteiger partial charge in [0.15, 0.2) is 8.32 Å². The quantitative estimate of drug-likeness (QED) is 0.214. The molecule has 0 saturated carbocycles. The number of aliphatic hydroxyl groups is 1. The van der Waals surface area contributed by atoms with Crippen LogP contribution in [0.1, 0.15) is 53.4 Å². The summed E-state index contributed by atoms with van der Waals surface area (Å²) >= 11 is 0. The minimum Gasteiger partial charge on any atom is -0.417 e. The zero-order valence-corrected chi connectivity index (χ0v) is 16.0. The number of hydrogen-bond donors (Lipinski definition) is 1. The first-order valence-corrected chi connectivity index (χ1v) is 11.1. The third kappa shape index (κ3) is 7.51. The zero-order chi connectivity index (χ0) is 17.4. The summed E-state index contributed by atoms with van der Waals surface area (Å²) < 4.78 is 6.08. The van der Waals surface area contributed by atoms with Crippen molar-refractivity contribution in [3.8, 4) is 0 Å². The standard InChI is InChI=1S/C16H33NO4Si/c1-7-15(18)14(17(19)20)12-10-8-9-11-13-21-22(5,6)16(2,3)4/h10,12,14-15,18H,7-9,11,13H2,1-6H3. The van der Waals surface area contributed by atoms with Gasteiger partial charge in [0.05, 0.1) is 0 Å². The highest BCUT2D eigenvalue weighted by molar-refractivity contribution is 6.74. The average molecular weight is 332 g/mol. The molecule has 0 rings (SSSR count). The van der Waals surface area contributed by atoms with E-state index in [0.717, 1.165) is 25.9 Å². The van der Waals surface area contributed by atoms with Crippen LogP contribution in [0, 0.1) is 10.1 Å². The molecule has 0 radical (unpaired) electrons. The van der Waals surface area contributed by atoms with E-state index in [1.54, 1.807) is 13.0 Å². The normalized spacial score (nSPS) is 16.0. The minimum absolute atomic E-state index is 0.224. The van der Waals surface area contributed by atoms with E-state index < -0.39 is 25.4 Å². The summed E-state index contributed by atoms with van der Waals surface area (Å²) in [5.41, 5.74) is 0. The van der Waals surface area contributed by atoms with Crippen molar-refractivity contribution in [1.29, 1.82) is 0 Å². The second-order valence-electron chi connectivity index (χ2n) is 7.28. The molecule has 5 nitrogen and oxygen atoms in total. The van der Waals surface area contributed by atoms with Crippen molar-refractivity contribution < 1.29 is 14.5 Å². The van der Waals surface area contributed by atoms with Crippen LogP contribution in [-0.2, 0) is 4.43 Å². The molecule has 0 spiro atoms. The van der Waals surface area contributed by atoms with Crippen LogP contribution in [0.2, 0.25) is 18.1 Å². The highest BCUT2D eigenvalue weighted by Crippen LogP contribution is 2.36. The molecule has 2 atom stereocenters. The fourth-order valence-corrected chi connectivity index (χ4v) is 2.81. The third-order valence-electron chi connectivity index (χ3n) is 4.42. The largest absolute Gasteiger partial charge is 0.417 e. The summed E-state index contributed by atoms with van der Waals surface area (Å²) in [4.78, 5) is 10.4. The summed E-state index contributed by atoms with van der Waals surface area (Å²) in [6, 6.07) is -0.992. The number of nitrogens with zero attached hydrogens (tertiary/aromatic N) is 1. The maximum Gasteiger partial charge on any atom is 0.256 e. The lowest BCUT2D eigenvalue weighted by atomic mass is 10.1. The van der Waals surface area contributed by atoms with Crippen molar-refractivity contribution >= 4 is 8.32 Å². The predicted molar refractivity (Wildman–Crippen MR) is 93.2 cm³/mol. The van der Waals surface area contributed by atoms with Gasteiger partial charge in [-0.05, 0) is 49.9 Å². The van der Waals surface area contributed by atoms with Gasteiger partial charge in [-0.2, -0.15) is 0 Å². The number of allylic oxidation sites excluding steroid dienone is 1. The van der Waals surface area contributed by atoms with Crippen LogP contribution in [0.25, 0.3) is 0 Å². The first kappa shape index (κ1) is 21.3. The summed E-state index contributed by atoms with van der Waals surface area (Å²) in [6.45, 7) is 13.6. The lowest BCUT2D eigenvalue weighted by Crippen LogP contribution is -2.40. The van der Waals surface area contributed by atoms with E-state index in [-0.39, 0.29) is 5.04 Å². The molecule has 2 unspecified atom stereocenters. The van der Waals surface area contributed by atoms with Gasteiger partial charge in [-0.15, -0.1) is 0 Å². The average Bonchev–Trinajstić information content (AvgIpc) is 2.39. The van der Waals surface area contributed by atoms with Gasteiger partial charge in [0.25, 0.3) is 6.04 Å². The summed E-state index contributed by atoms with van der Waals surface area (Å²) in [7, 11) is -1.67. The molecule has 0 amide bonds. The summed E-state index contributed by atoms with van der Waals surface area (Å²) in [5, 5.41) is 20.7. The van der Waals surface area contributed by atoms with Crippen molar-refractivity contribution in [3.05, 3.63) is 22.3 Å². The Kier molecular flexibility index (Phi) is 9.11. The first-order valence-electron chi connectivity index (χ1n) is 8.15. The van der Waals surface area contributed by atoms with E-state index in [1.807, 2.05) is 0 Å². The first-order chi connectivity index (χ1) is 10.0. The topological polar surface area (TPSA) is 72.6 Å². The third-order valence-corrected chi connectivity index (χ3v) is 8.96. The van der Waals surface area contributed by atoms with E-state index in [1.165, 1.54) is 6.08 Å². The van der Waals surface area contributed by atoms with Crippen molar-refractivity contribution in [2.75, 3.05) is 6.61 Å². The predicted octanol–water partition coefficient (Wildman–Crippen LogP) is 4.15. The molecule has 0 aromatic rings. The lowest BCUT2D eigenvalue weighted by molar-refractivity contribution is -0.520. The highest BCUT2D eigenvalue weighted by Gasteiger charge is 2.36. The van der Waals surface area contributed by atoms with Gasteiger partial charge in [0.2, 0.25) is 0 Å². The molecular weight excluding hydrogens is 298 g/mol. The van der Waals surface area contributed by atoms with Crippen molar-refractivity contribution in [2.45, 2.75) is 83.7 Å². The molecule has 0 aliphatic heterocycles. The minimum atomic E-state index is -1.67. The Hall–Kier alpha value is -0.723. The highest BCUT2D eigenvalue weighted by atomic mass is 28.4. The number of hydrogen-bond acceptors (Lipinski definition) is 4. The molecule has 0 aromatic carbocycles. The van der Waals surface area contributed by atoms with Crippen LogP contribution >= 0.6 is 0 Å². The number of aliphatic hydroxyl groups excluding tert-OH is 1. The Bertz CT molecular complexity index is 364. The zero-order valence-electron chi connectivity index (χ0n) is 15.0. The van der Waals surface area contributed by atoms with Crippen molar-refractivity contribution in [1.82, 2.24) is 0 Å². The second kappa shape index (κ2) is 9.42. The Morgan fingerprint density at radius 2 is 1.91 bits per heavy atom. The van der Waals surface area contributed by atoms with Gasteiger partial charge < -0.3 is 9.53 Å². The second-order valence-corrected chi connectivity index (χ2v) is 12.1. The molecule has 6 heteroatoms. The molecule has 1 N–H and O–H groups in total. The molecule has 0 aliphatic carbocycles. The van der Waals surface area contributed by atoms with Gasteiger partial charge in [0, 0.05) is 11.5 Å². The van der Waals surface area contributed by atoms with Crippen LogP contribution in [0.15, 0.2) is 12.2 Å². The van der Waals surface area contributed by atoms with E-state index in [0.29, 0.717) is 6.42 Å². The molecule has 0 bridgehead atoms. The molecule has 0 aliphatic rings. The van der Waals surface area contributed by atoms with Gasteiger partial charge >= 0.3 is 0 Å². The number of unbranched alkanes of at least 4 members (excludes halogenated alkanes) is 2. The van der Waals surface area contributed by atoms with Crippen LogP contribution < -0.4 is 0 Å². The van der Waals surface area contributed by atoms with Gasteiger partial charge in [-0.25, -0.2) is 0 Å². The van der Waals surface area contributed by atoms with Crippen LogP contribution in [0.5, 0.6) is 0 Å².